The summed E-state index contributed by atoms with van der Waals surface area (Å²) in [6.45, 7) is 1.56. The molecule has 2 rings (SSSR count). The van der Waals surface area contributed by atoms with Crippen molar-refractivity contribution in [3.63, 3.8) is 0 Å². The number of aryl methyl sites for hydroxylation is 1. The zero-order valence-corrected chi connectivity index (χ0v) is 16.3. The van der Waals surface area contributed by atoms with Crippen LogP contribution in [0.2, 0.25) is 0 Å². The van der Waals surface area contributed by atoms with Crippen molar-refractivity contribution in [3.05, 3.63) is 53.6 Å². The molecular weight excluding hydrogens is 395 g/mol. The summed E-state index contributed by atoms with van der Waals surface area (Å²) < 4.78 is 63.2. The Hall–Kier alpha value is -2.59. The molecule has 0 aliphatic heterocycles. The summed E-state index contributed by atoms with van der Waals surface area (Å²) >= 11 is 0. The summed E-state index contributed by atoms with van der Waals surface area (Å²) in [7, 11) is -0.786. The minimum atomic E-state index is -4.44. The number of nitrogens with one attached hydrogen (secondary N) is 2. The molecule has 0 aliphatic rings. The smallest absolute Gasteiger partial charge is 0.376 e. The number of hydrogen-bond donors (Lipinski definition) is 2. The fourth-order valence-corrected chi connectivity index (χ4v) is 3.21. The van der Waals surface area contributed by atoms with Gasteiger partial charge >= 0.3 is 6.18 Å². The van der Waals surface area contributed by atoms with E-state index in [-0.39, 0.29) is 17.1 Å². The lowest BCUT2D eigenvalue weighted by Gasteiger charge is -2.15. The summed E-state index contributed by atoms with van der Waals surface area (Å²) in [6, 6.07) is 8.60. The monoisotopic (exact) mass is 415 g/mol. The second-order valence-corrected chi connectivity index (χ2v) is 8.39. The zero-order chi connectivity index (χ0) is 21.1. The topological polar surface area (TPSA) is 78.5 Å². The molecule has 0 radical (unpaired) electrons. The van der Waals surface area contributed by atoms with Crippen LogP contribution < -0.4 is 10.6 Å². The molecule has 10 heteroatoms. The standard InChI is InChI=1S/C18H20F3N3O3S/c1-12-4-9-15(28(26,27)24(2)3)10-16(12)22-11-17(25)23-14-7-5-13(6-8-14)18(19,20)21/h4-10,22H,11H2,1-3H3,(H,23,25). The molecule has 0 aliphatic carbocycles. The van der Waals surface area contributed by atoms with Crippen LogP contribution >= 0.6 is 0 Å². The van der Waals surface area contributed by atoms with E-state index in [2.05, 4.69) is 10.6 Å². The molecule has 0 bridgehead atoms. The van der Waals surface area contributed by atoms with Crippen LogP contribution in [0.25, 0.3) is 0 Å². The third kappa shape index (κ3) is 5.23. The van der Waals surface area contributed by atoms with Crippen molar-refractivity contribution in [1.29, 1.82) is 0 Å². The second kappa shape index (κ2) is 8.19. The normalized spacial score (nSPS) is 12.1. The van der Waals surface area contributed by atoms with E-state index in [1.165, 1.54) is 26.2 Å². The molecule has 1 amide bonds. The Kier molecular flexibility index (Phi) is 6.35. The fraction of sp³-hybridized carbons (Fsp3) is 0.278. The molecule has 0 atom stereocenters. The number of hydrogen-bond acceptors (Lipinski definition) is 4. The number of benzene rings is 2. The summed E-state index contributed by atoms with van der Waals surface area (Å²) in [5, 5.41) is 5.32. The number of rotatable bonds is 6. The first-order chi connectivity index (χ1) is 12.9. The minimum Gasteiger partial charge on any atom is -0.376 e. The van der Waals surface area contributed by atoms with E-state index in [4.69, 9.17) is 0 Å². The van der Waals surface area contributed by atoms with E-state index in [0.29, 0.717) is 5.69 Å². The average Bonchev–Trinajstić information content (AvgIpc) is 2.60. The number of carbonyl (C=O) groups is 1. The van der Waals surface area contributed by atoms with E-state index in [1.54, 1.807) is 13.0 Å². The first-order valence-electron chi connectivity index (χ1n) is 8.15. The Balaban J connectivity index is 2.05. The molecule has 0 saturated carbocycles. The highest BCUT2D eigenvalue weighted by atomic mass is 32.2. The van der Waals surface area contributed by atoms with Crippen LogP contribution in [-0.4, -0.2) is 39.3 Å². The van der Waals surface area contributed by atoms with E-state index in [1.807, 2.05) is 0 Å². The van der Waals surface area contributed by atoms with Gasteiger partial charge in [-0.15, -0.1) is 0 Å². The number of halogens is 3. The van der Waals surface area contributed by atoms with Gasteiger partial charge < -0.3 is 10.6 Å². The van der Waals surface area contributed by atoms with Gasteiger partial charge in [0.15, 0.2) is 0 Å². The maximum atomic E-state index is 12.6. The first-order valence-corrected chi connectivity index (χ1v) is 9.59. The van der Waals surface area contributed by atoms with Gasteiger partial charge in [-0.05, 0) is 48.9 Å². The van der Waals surface area contributed by atoms with Gasteiger partial charge in [0.1, 0.15) is 0 Å². The maximum absolute atomic E-state index is 12.6. The van der Waals surface area contributed by atoms with E-state index in [9.17, 15) is 26.4 Å². The molecule has 152 valence electrons. The quantitative estimate of drug-likeness (QED) is 0.759. The van der Waals surface area contributed by atoms with Crippen molar-refractivity contribution in [2.45, 2.75) is 18.0 Å². The number of amides is 1. The van der Waals surface area contributed by atoms with E-state index >= 15 is 0 Å². The van der Waals surface area contributed by atoms with E-state index in [0.717, 1.165) is 34.1 Å². The minimum absolute atomic E-state index is 0.0775. The molecule has 2 N–H and O–H groups in total. The Morgan fingerprint density at radius 1 is 1.07 bits per heavy atom. The van der Waals surface area contributed by atoms with Crippen molar-refractivity contribution in [2.24, 2.45) is 0 Å². The number of alkyl halides is 3. The van der Waals surface area contributed by atoms with Gasteiger partial charge in [0.05, 0.1) is 17.0 Å². The lowest BCUT2D eigenvalue weighted by atomic mass is 10.2. The third-order valence-corrected chi connectivity index (χ3v) is 5.73. The van der Waals surface area contributed by atoms with Gasteiger partial charge in [-0.1, -0.05) is 6.07 Å². The van der Waals surface area contributed by atoms with E-state index < -0.39 is 27.7 Å². The molecule has 0 saturated heterocycles. The van der Waals surface area contributed by atoms with Crippen LogP contribution in [0.5, 0.6) is 0 Å². The maximum Gasteiger partial charge on any atom is 0.416 e. The number of anilines is 2. The number of carbonyl (C=O) groups excluding carboxylic acids is 1. The molecule has 0 spiro atoms. The van der Waals surface area contributed by atoms with Gasteiger partial charge in [0, 0.05) is 25.5 Å². The van der Waals surface area contributed by atoms with Crippen molar-refractivity contribution < 1.29 is 26.4 Å². The van der Waals surface area contributed by atoms with Gasteiger partial charge in [0.2, 0.25) is 15.9 Å². The van der Waals surface area contributed by atoms with Crippen LogP contribution in [0.15, 0.2) is 47.4 Å². The summed E-state index contributed by atoms with van der Waals surface area (Å²) in [5.41, 5.74) is 0.615. The molecule has 0 unspecified atom stereocenters. The van der Waals surface area contributed by atoms with Crippen molar-refractivity contribution in [3.8, 4) is 0 Å². The van der Waals surface area contributed by atoms with Crippen LogP contribution in [-0.2, 0) is 21.0 Å². The van der Waals surface area contributed by atoms with Crippen molar-refractivity contribution >= 4 is 27.3 Å². The Morgan fingerprint density at radius 2 is 1.68 bits per heavy atom. The first kappa shape index (κ1) is 21.7. The predicted molar refractivity (Wildman–Crippen MR) is 101 cm³/mol. The fourth-order valence-electron chi connectivity index (χ4n) is 2.29. The third-order valence-electron chi connectivity index (χ3n) is 3.92. The molecular formula is C18H20F3N3O3S. The Morgan fingerprint density at radius 3 is 2.21 bits per heavy atom. The lowest BCUT2D eigenvalue weighted by Crippen LogP contribution is -2.24. The van der Waals surface area contributed by atoms with Gasteiger partial charge in [-0.3, -0.25) is 4.79 Å². The molecule has 0 aromatic heterocycles. The predicted octanol–water partition coefficient (Wildman–Crippen LogP) is 3.31. The van der Waals surface area contributed by atoms with Crippen molar-refractivity contribution in [2.75, 3.05) is 31.3 Å². The second-order valence-electron chi connectivity index (χ2n) is 6.24. The highest BCUT2D eigenvalue weighted by Crippen LogP contribution is 2.29. The van der Waals surface area contributed by atoms with Gasteiger partial charge in [0.25, 0.3) is 0 Å². The van der Waals surface area contributed by atoms with Crippen LogP contribution in [0.1, 0.15) is 11.1 Å². The number of nitrogens with zero attached hydrogens (tertiary/aromatic N) is 1. The Labute approximate surface area is 161 Å². The van der Waals surface area contributed by atoms with Crippen molar-refractivity contribution in [1.82, 2.24) is 4.31 Å². The lowest BCUT2D eigenvalue weighted by molar-refractivity contribution is -0.137. The zero-order valence-electron chi connectivity index (χ0n) is 15.5. The van der Waals surface area contributed by atoms with Gasteiger partial charge in [-0.25, -0.2) is 12.7 Å². The molecule has 28 heavy (non-hydrogen) atoms. The highest BCUT2D eigenvalue weighted by Gasteiger charge is 2.30. The molecule has 0 heterocycles. The van der Waals surface area contributed by atoms with Crippen LogP contribution in [0.3, 0.4) is 0 Å². The SMILES string of the molecule is Cc1ccc(S(=O)(=O)N(C)C)cc1NCC(=O)Nc1ccc(C(F)(F)F)cc1. The molecule has 6 nitrogen and oxygen atoms in total. The summed E-state index contributed by atoms with van der Waals surface area (Å²) in [4.78, 5) is 12.1. The largest absolute Gasteiger partial charge is 0.416 e. The summed E-state index contributed by atoms with van der Waals surface area (Å²) in [5.74, 6) is -0.486. The Bertz CT molecular complexity index is 956. The van der Waals surface area contributed by atoms with Crippen LogP contribution in [0.4, 0.5) is 24.5 Å². The average molecular weight is 415 g/mol. The number of sulfonamides is 1. The molecule has 2 aromatic carbocycles. The molecule has 0 fully saturated rings. The van der Waals surface area contributed by atoms with Gasteiger partial charge in [-0.2, -0.15) is 13.2 Å². The van der Waals surface area contributed by atoms with Crippen LogP contribution in [0, 0.1) is 6.92 Å². The summed E-state index contributed by atoms with van der Waals surface area (Å²) in [6.07, 6.45) is -4.44. The highest BCUT2D eigenvalue weighted by molar-refractivity contribution is 7.89. The molecule has 2 aromatic rings.